The van der Waals surface area contributed by atoms with Gasteiger partial charge in [-0.1, -0.05) is 23.7 Å². The van der Waals surface area contributed by atoms with E-state index in [2.05, 4.69) is 20.2 Å². The average molecular weight is 456 g/mol. The van der Waals surface area contributed by atoms with Crippen LogP contribution in [0.5, 0.6) is 5.75 Å². The van der Waals surface area contributed by atoms with Crippen LogP contribution in [0.4, 0.5) is 16.0 Å². The van der Waals surface area contributed by atoms with Crippen molar-refractivity contribution in [1.82, 2.24) is 15.2 Å². The number of aromatic nitrogens is 3. The summed E-state index contributed by atoms with van der Waals surface area (Å²) in [5.74, 6) is -1.11. The minimum atomic E-state index is -1.03. The molecule has 1 amide bonds. The number of ether oxygens (including phenoxy) is 1. The number of halogens is 2. The zero-order chi connectivity index (χ0) is 22.8. The number of nitrogens with two attached hydrogens (primary N) is 2. The van der Waals surface area contributed by atoms with E-state index in [1.807, 2.05) is 0 Å². The van der Waals surface area contributed by atoms with Crippen molar-refractivity contribution < 1.29 is 13.9 Å². The average Bonchev–Trinajstić information content (AvgIpc) is 2.78. The molecule has 0 saturated carbocycles. The molecule has 3 aromatic rings. The van der Waals surface area contributed by atoms with Crippen LogP contribution in [0.1, 0.15) is 10.5 Å². The summed E-state index contributed by atoms with van der Waals surface area (Å²) in [7, 11) is 0. The number of anilines is 2. The molecule has 5 N–H and O–H groups in total. The molecule has 1 aliphatic heterocycles. The maximum Gasteiger partial charge on any atom is 0.275 e. The van der Waals surface area contributed by atoms with Crippen LogP contribution in [0.2, 0.25) is 5.02 Å². The summed E-state index contributed by atoms with van der Waals surface area (Å²) >= 11 is 6.17. The molecule has 0 aliphatic carbocycles. The van der Waals surface area contributed by atoms with Gasteiger partial charge >= 0.3 is 0 Å². The van der Waals surface area contributed by atoms with Gasteiger partial charge in [0.15, 0.2) is 5.69 Å². The third-order valence-corrected chi connectivity index (χ3v) is 4.85. The molecule has 2 aromatic heterocycles. The molecule has 1 aromatic carbocycles. The van der Waals surface area contributed by atoms with Crippen molar-refractivity contribution in [1.29, 1.82) is 0 Å². The third kappa shape index (κ3) is 3.88. The smallest absolute Gasteiger partial charge is 0.275 e. The molecule has 0 radical (unpaired) electrons. The highest BCUT2D eigenvalue weighted by Crippen LogP contribution is 2.33. The minimum Gasteiger partial charge on any atom is -0.448 e. The van der Waals surface area contributed by atoms with Gasteiger partial charge in [-0.15, -0.1) is 0 Å². The Morgan fingerprint density at radius 2 is 2.00 bits per heavy atom. The summed E-state index contributed by atoms with van der Waals surface area (Å²) in [6.45, 7) is 0. The Hall–Kier alpha value is -4.25. The number of rotatable bonds is 5. The number of carbonyl (C=O) groups is 1. The van der Waals surface area contributed by atoms with Crippen molar-refractivity contribution in [2.45, 2.75) is 6.35 Å². The lowest BCUT2D eigenvalue weighted by molar-refractivity contribution is 0.0993. The predicted octanol–water partition coefficient (Wildman–Crippen LogP) is 2.07. The molecule has 0 spiro atoms. The number of amides is 1. The number of carbonyl (C=O) groups excluding carboxylic acids is 1. The van der Waals surface area contributed by atoms with E-state index in [-0.39, 0.29) is 28.0 Å². The zero-order valence-corrected chi connectivity index (χ0v) is 17.0. The van der Waals surface area contributed by atoms with Gasteiger partial charge < -0.3 is 16.2 Å². The second-order valence-corrected chi connectivity index (χ2v) is 6.87. The number of H-pyrrole nitrogens is 1. The highest BCUT2D eigenvalue weighted by Gasteiger charge is 2.28. The predicted molar refractivity (Wildman–Crippen MR) is 117 cm³/mol. The number of nitrogens with one attached hydrogen (secondary N) is 1. The number of primary amides is 1. The van der Waals surface area contributed by atoms with Crippen LogP contribution in [0.15, 0.2) is 58.6 Å². The molecule has 3 heterocycles. The van der Waals surface area contributed by atoms with E-state index in [0.29, 0.717) is 5.56 Å². The van der Waals surface area contributed by atoms with E-state index in [9.17, 15) is 14.0 Å². The number of pyridine rings is 1. The lowest BCUT2D eigenvalue weighted by Gasteiger charge is -2.30. The fourth-order valence-corrected chi connectivity index (χ4v) is 3.15. The van der Waals surface area contributed by atoms with Gasteiger partial charge in [-0.3, -0.25) is 19.6 Å². The third-order valence-electron chi connectivity index (χ3n) is 4.47. The number of allylic oxidation sites excluding steroid dienone is 1. The molecule has 12 heteroatoms. The molecule has 0 bridgehead atoms. The first-order valence-electron chi connectivity index (χ1n) is 9.10. The van der Waals surface area contributed by atoms with Crippen molar-refractivity contribution in [2.24, 2.45) is 10.7 Å². The van der Waals surface area contributed by atoms with Crippen LogP contribution < -0.4 is 26.5 Å². The van der Waals surface area contributed by atoms with E-state index in [1.54, 1.807) is 12.3 Å². The van der Waals surface area contributed by atoms with Crippen LogP contribution in [-0.2, 0) is 0 Å². The van der Waals surface area contributed by atoms with Crippen molar-refractivity contribution in [3.63, 3.8) is 0 Å². The summed E-state index contributed by atoms with van der Waals surface area (Å²) in [4.78, 5) is 34.3. The van der Waals surface area contributed by atoms with Crippen LogP contribution in [0, 0.1) is 5.82 Å². The molecule has 1 aliphatic rings. The van der Waals surface area contributed by atoms with Crippen LogP contribution in [0.25, 0.3) is 11.1 Å². The summed E-state index contributed by atoms with van der Waals surface area (Å²) < 4.78 is 19.4. The quantitative estimate of drug-likeness (QED) is 0.532. The van der Waals surface area contributed by atoms with Crippen LogP contribution in [0.3, 0.4) is 0 Å². The molecule has 1 atom stereocenters. The highest BCUT2D eigenvalue weighted by atomic mass is 35.5. The van der Waals surface area contributed by atoms with Crippen molar-refractivity contribution in [3.8, 4) is 16.9 Å². The minimum absolute atomic E-state index is 0.0180. The number of aromatic amines is 1. The monoisotopic (exact) mass is 455 g/mol. The topological polar surface area (TPSA) is 153 Å². The van der Waals surface area contributed by atoms with Gasteiger partial charge in [0, 0.05) is 24.7 Å². The van der Waals surface area contributed by atoms with Crippen molar-refractivity contribution in [3.05, 3.63) is 75.6 Å². The fraction of sp³-hybridized carbons (Fsp3) is 0.0500. The molecule has 162 valence electrons. The van der Waals surface area contributed by atoms with Gasteiger partial charge in [-0.25, -0.2) is 14.4 Å². The fourth-order valence-electron chi connectivity index (χ4n) is 3.00. The van der Waals surface area contributed by atoms with E-state index < -0.39 is 29.2 Å². The second-order valence-electron chi connectivity index (χ2n) is 6.50. The molecule has 0 fully saturated rings. The Bertz CT molecular complexity index is 1310. The van der Waals surface area contributed by atoms with Gasteiger partial charge in [0.2, 0.25) is 5.43 Å². The highest BCUT2D eigenvalue weighted by molar-refractivity contribution is 6.34. The molecule has 1 unspecified atom stereocenters. The van der Waals surface area contributed by atoms with Crippen LogP contribution in [-0.4, -0.2) is 33.7 Å². The lowest BCUT2D eigenvalue weighted by Crippen LogP contribution is -2.38. The van der Waals surface area contributed by atoms with Crippen molar-refractivity contribution >= 4 is 35.4 Å². The Morgan fingerprint density at radius 1 is 1.25 bits per heavy atom. The first-order valence-corrected chi connectivity index (χ1v) is 9.48. The summed E-state index contributed by atoms with van der Waals surface area (Å²) in [5, 5.41) is 6.55. The Labute approximate surface area is 185 Å². The van der Waals surface area contributed by atoms with Gasteiger partial charge in [-0.05, 0) is 23.8 Å². The number of nitrogen functional groups attached to an aromatic ring is 1. The molecule has 32 heavy (non-hydrogen) atoms. The van der Waals surface area contributed by atoms with E-state index in [0.717, 1.165) is 0 Å². The Kier molecular flexibility index (Phi) is 5.56. The normalized spacial score (nSPS) is 15.1. The molecule has 0 saturated heterocycles. The Morgan fingerprint density at radius 3 is 2.72 bits per heavy atom. The van der Waals surface area contributed by atoms with Crippen LogP contribution >= 0.6 is 11.6 Å². The van der Waals surface area contributed by atoms with Gasteiger partial charge in [0.1, 0.15) is 28.2 Å². The number of hydrogen-bond acceptors (Lipinski definition) is 8. The number of nitrogens with zero attached hydrogens (tertiary/aromatic N) is 4. The molecule has 10 nitrogen and oxygen atoms in total. The Balaban J connectivity index is 1.84. The van der Waals surface area contributed by atoms with Gasteiger partial charge in [0.05, 0.1) is 5.56 Å². The van der Waals surface area contributed by atoms with Gasteiger partial charge in [0.25, 0.3) is 12.3 Å². The van der Waals surface area contributed by atoms with Gasteiger partial charge in [-0.2, -0.15) is 5.10 Å². The van der Waals surface area contributed by atoms with E-state index in [4.69, 9.17) is 27.8 Å². The summed E-state index contributed by atoms with van der Waals surface area (Å²) in [5.41, 5.74) is 10.1. The maximum atomic E-state index is 13.5. The van der Waals surface area contributed by atoms with E-state index in [1.165, 1.54) is 47.6 Å². The summed E-state index contributed by atoms with van der Waals surface area (Å²) in [6, 6.07) is 6.65. The second kappa shape index (κ2) is 8.47. The summed E-state index contributed by atoms with van der Waals surface area (Å²) in [6.07, 6.45) is 5.03. The SMILES string of the molecule is NC(=O)c1n[nH]c(N2C=CC=NC2Oc2ccnc(N)c2Cl)c(-c2ccc(F)cc2)c1=O. The van der Waals surface area contributed by atoms with Crippen molar-refractivity contribution in [2.75, 3.05) is 10.6 Å². The first-order chi connectivity index (χ1) is 15.4. The number of hydrogen-bond donors (Lipinski definition) is 3. The lowest BCUT2D eigenvalue weighted by atomic mass is 10.0. The zero-order valence-electron chi connectivity index (χ0n) is 16.2. The standard InChI is InChI=1S/C20H15ClFN7O3/c21-14-12(6-8-25-17(14)23)32-20-26-7-1-9-29(20)19-13(10-2-4-11(22)5-3-10)16(30)15(18(24)31)27-28-19/h1-9,20H,(H2,23,25)(H2,24,31)(H,28,30). The maximum absolute atomic E-state index is 13.5. The molecular formula is C20H15ClFN7O3. The number of aliphatic imine (C=N–C) groups is 1. The largest absolute Gasteiger partial charge is 0.448 e. The van der Waals surface area contributed by atoms with E-state index >= 15 is 0 Å². The number of benzene rings is 1. The first kappa shape index (κ1) is 21.0. The molecule has 4 rings (SSSR count). The molecular weight excluding hydrogens is 441 g/mol.